The van der Waals surface area contributed by atoms with Crippen molar-refractivity contribution in [3.8, 4) is 23.0 Å². The second kappa shape index (κ2) is 5.93. The van der Waals surface area contributed by atoms with Gasteiger partial charge in [0.15, 0.2) is 10.5 Å². The molecule has 1 fully saturated rings. The Bertz CT molecular complexity index is 1160. The second-order valence-corrected chi connectivity index (χ2v) is 8.15. The van der Waals surface area contributed by atoms with Crippen LogP contribution in [-0.4, -0.2) is 37.5 Å². The van der Waals surface area contributed by atoms with E-state index in [0.717, 1.165) is 0 Å². The van der Waals surface area contributed by atoms with E-state index in [2.05, 4.69) is 0 Å². The summed E-state index contributed by atoms with van der Waals surface area (Å²) in [5, 5.41) is 27.9. The number of aliphatic carboxylic acids is 1. The molecule has 1 saturated heterocycles. The molecule has 2 atom stereocenters. The van der Waals surface area contributed by atoms with Gasteiger partial charge in [0, 0.05) is 28.8 Å². The summed E-state index contributed by atoms with van der Waals surface area (Å²) in [6.07, 6.45) is 2.70. The smallest absolute Gasteiger partial charge is 0.335 e. The third-order valence-electron chi connectivity index (χ3n) is 5.52. The normalized spacial score (nSPS) is 25.3. The van der Waals surface area contributed by atoms with Crippen molar-refractivity contribution in [1.29, 1.82) is 0 Å². The first-order chi connectivity index (χ1) is 14.2. The number of carboxylic acids is 1. The Labute approximate surface area is 179 Å². The molecule has 1 aliphatic carbocycles. The van der Waals surface area contributed by atoms with E-state index in [1.807, 2.05) is 0 Å². The molecule has 0 bridgehead atoms. The molecular weight excluding hydrogens is 435 g/mol. The van der Waals surface area contributed by atoms with Gasteiger partial charge in [-0.2, -0.15) is 0 Å². The second-order valence-electron chi connectivity index (χ2n) is 7.12. The fourth-order valence-corrected chi connectivity index (χ4v) is 4.93. The minimum Gasteiger partial charge on any atom is -0.508 e. The van der Waals surface area contributed by atoms with Gasteiger partial charge in [0.1, 0.15) is 23.0 Å². The number of phenols is 2. The predicted octanol–water partition coefficient (Wildman–Crippen LogP) is 3.54. The van der Waals surface area contributed by atoms with E-state index in [9.17, 15) is 24.9 Å². The molecule has 0 amide bonds. The van der Waals surface area contributed by atoms with Crippen LogP contribution in [0.5, 0.6) is 23.0 Å². The lowest BCUT2D eigenvalue weighted by Crippen LogP contribution is -2.45. The summed E-state index contributed by atoms with van der Waals surface area (Å²) in [6.45, 7) is 0. The summed E-state index contributed by atoms with van der Waals surface area (Å²) in [4.78, 5) is 22.7. The monoisotopic (exact) mass is 446 g/mol. The number of carbonyl (C=O) groups is 2. The van der Waals surface area contributed by atoms with Crippen molar-refractivity contribution in [2.24, 2.45) is 0 Å². The fraction of sp³-hybridized carbons (Fsp3) is 0.143. The Kier molecular flexibility index (Phi) is 3.73. The highest BCUT2D eigenvalue weighted by Gasteiger charge is 2.68. The van der Waals surface area contributed by atoms with Crippen molar-refractivity contribution in [2.45, 2.75) is 15.9 Å². The number of alkyl halides is 2. The molecule has 3 N–H and O–H groups in total. The highest BCUT2D eigenvalue weighted by atomic mass is 35.5. The van der Waals surface area contributed by atoms with E-state index in [-0.39, 0.29) is 34.1 Å². The van der Waals surface area contributed by atoms with Crippen LogP contribution >= 0.6 is 23.2 Å². The standard InChI is InChI=1S/C21H12Cl2O7/c22-17-11(18(26)27)3-6-16-20(17,23)19(28)30-21(16)12-4-1-9(24)7-14(12)29-15-8-10(25)2-5-13(15)21/h1-8,17,24-25H,(H,26,27). The summed E-state index contributed by atoms with van der Waals surface area (Å²) in [6, 6.07) is 8.53. The quantitative estimate of drug-likeness (QED) is 0.453. The topological polar surface area (TPSA) is 113 Å². The molecule has 2 unspecified atom stereocenters. The number of fused-ring (bicyclic) bond motifs is 6. The maximum Gasteiger partial charge on any atom is 0.335 e. The molecule has 2 aliphatic heterocycles. The predicted molar refractivity (Wildman–Crippen MR) is 105 cm³/mol. The molecule has 1 spiro atoms. The molecule has 3 aliphatic rings. The number of benzene rings is 2. The molecule has 7 nitrogen and oxygen atoms in total. The molecule has 5 rings (SSSR count). The maximum absolute atomic E-state index is 13.1. The molecule has 30 heavy (non-hydrogen) atoms. The Hall–Kier alpha value is -3.16. The van der Waals surface area contributed by atoms with Gasteiger partial charge in [0.25, 0.3) is 0 Å². The Morgan fingerprint density at radius 2 is 1.57 bits per heavy atom. The number of rotatable bonds is 1. The number of allylic oxidation sites excluding steroid dienone is 2. The van der Waals surface area contributed by atoms with Gasteiger partial charge in [-0.3, -0.25) is 0 Å². The minimum atomic E-state index is -1.98. The summed E-state index contributed by atoms with van der Waals surface area (Å²) in [5.41, 5.74) is -0.868. The number of carbonyl (C=O) groups excluding carboxylic acids is 1. The first-order valence-corrected chi connectivity index (χ1v) is 9.58. The average molecular weight is 447 g/mol. The number of halogens is 2. The van der Waals surface area contributed by atoms with Gasteiger partial charge in [-0.05, 0) is 30.3 Å². The van der Waals surface area contributed by atoms with Crippen LogP contribution in [-0.2, 0) is 19.9 Å². The lowest BCUT2D eigenvalue weighted by Gasteiger charge is -2.39. The molecule has 0 saturated carbocycles. The largest absolute Gasteiger partial charge is 0.508 e. The van der Waals surface area contributed by atoms with Crippen LogP contribution in [0.3, 0.4) is 0 Å². The first kappa shape index (κ1) is 18.8. The number of ether oxygens (including phenoxy) is 2. The molecule has 0 aromatic heterocycles. The van der Waals surface area contributed by atoms with Crippen molar-refractivity contribution < 1.29 is 34.4 Å². The van der Waals surface area contributed by atoms with Crippen LogP contribution in [0.4, 0.5) is 0 Å². The number of phenolic OH excluding ortho intramolecular Hbond substituents is 2. The Morgan fingerprint density at radius 3 is 2.10 bits per heavy atom. The van der Waals surface area contributed by atoms with Crippen molar-refractivity contribution in [1.82, 2.24) is 0 Å². The summed E-state index contributed by atoms with van der Waals surface area (Å²) >= 11 is 13.1. The van der Waals surface area contributed by atoms with Gasteiger partial charge >= 0.3 is 11.9 Å². The van der Waals surface area contributed by atoms with Gasteiger partial charge in [0.05, 0.1) is 11.0 Å². The van der Waals surface area contributed by atoms with E-state index in [1.165, 1.54) is 48.6 Å². The third-order valence-corrected chi connectivity index (χ3v) is 6.77. The van der Waals surface area contributed by atoms with Crippen LogP contribution < -0.4 is 4.74 Å². The van der Waals surface area contributed by atoms with E-state index in [1.54, 1.807) is 0 Å². The van der Waals surface area contributed by atoms with Gasteiger partial charge < -0.3 is 24.8 Å². The van der Waals surface area contributed by atoms with Gasteiger partial charge in [0.2, 0.25) is 0 Å². The highest BCUT2D eigenvalue weighted by molar-refractivity contribution is 6.45. The molecular formula is C21H12Cl2O7. The zero-order valence-corrected chi connectivity index (χ0v) is 16.4. The van der Waals surface area contributed by atoms with Crippen LogP contribution in [0.25, 0.3) is 0 Å². The molecule has 2 heterocycles. The van der Waals surface area contributed by atoms with Gasteiger partial charge in [-0.1, -0.05) is 17.7 Å². The average Bonchev–Trinajstić information content (AvgIpc) is 2.91. The number of hydrogen-bond donors (Lipinski definition) is 3. The third kappa shape index (κ3) is 2.16. The lowest BCUT2D eigenvalue weighted by atomic mass is 9.71. The van der Waals surface area contributed by atoms with Crippen LogP contribution in [0.2, 0.25) is 0 Å². The summed E-state index contributed by atoms with van der Waals surface area (Å²) in [7, 11) is 0. The fourth-order valence-electron chi connectivity index (χ4n) is 4.20. The van der Waals surface area contributed by atoms with E-state index in [0.29, 0.717) is 11.1 Å². The van der Waals surface area contributed by atoms with Crippen molar-refractivity contribution in [3.63, 3.8) is 0 Å². The summed E-state index contributed by atoms with van der Waals surface area (Å²) in [5.74, 6) is -2.03. The number of carboxylic acid groups (broad SMARTS) is 1. The van der Waals surface area contributed by atoms with E-state index in [4.69, 9.17) is 32.7 Å². The zero-order valence-electron chi connectivity index (χ0n) is 14.9. The molecule has 9 heteroatoms. The highest BCUT2D eigenvalue weighted by Crippen LogP contribution is 2.63. The minimum absolute atomic E-state index is 0.0881. The number of hydrogen-bond acceptors (Lipinski definition) is 6. The summed E-state index contributed by atoms with van der Waals surface area (Å²) < 4.78 is 11.7. The Morgan fingerprint density at radius 1 is 1.00 bits per heavy atom. The van der Waals surface area contributed by atoms with Crippen molar-refractivity contribution in [3.05, 3.63) is 70.8 Å². The molecule has 2 aromatic rings. The Balaban J connectivity index is 1.87. The first-order valence-electron chi connectivity index (χ1n) is 8.77. The maximum atomic E-state index is 13.1. The molecule has 152 valence electrons. The SMILES string of the molecule is O=C(O)C1=CC=C2C3(OC(=O)C2(Cl)C1Cl)c1ccc(O)cc1Oc1cc(O)ccc13. The van der Waals surface area contributed by atoms with E-state index >= 15 is 0 Å². The van der Waals surface area contributed by atoms with Crippen LogP contribution in [0, 0.1) is 0 Å². The van der Waals surface area contributed by atoms with Crippen molar-refractivity contribution in [2.75, 3.05) is 0 Å². The van der Waals surface area contributed by atoms with Gasteiger partial charge in [-0.15, -0.1) is 11.6 Å². The van der Waals surface area contributed by atoms with E-state index < -0.39 is 27.8 Å². The van der Waals surface area contributed by atoms with Crippen LogP contribution in [0.15, 0.2) is 59.7 Å². The number of aromatic hydroxyl groups is 2. The molecule has 0 radical (unpaired) electrons. The van der Waals surface area contributed by atoms with Crippen LogP contribution in [0.1, 0.15) is 11.1 Å². The lowest BCUT2D eigenvalue weighted by molar-refractivity contribution is -0.147. The van der Waals surface area contributed by atoms with Crippen molar-refractivity contribution >= 4 is 35.1 Å². The number of esters is 1. The molecule has 2 aromatic carbocycles. The van der Waals surface area contributed by atoms with Gasteiger partial charge in [-0.25, -0.2) is 9.59 Å². The zero-order chi connectivity index (χ0) is 21.4.